The van der Waals surface area contributed by atoms with Gasteiger partial charge in [0.15, 0.2) is 0 Å². The smallest absolute Gasteiger partial charge is 0.138 e. The standard InChI is InChI=1S/C17H13ClO2/c1-19-16-5-3-2-4-14(16)17-11-10-15(20-17)12-6-8-13(18)9-7-12/h2-11H,1H3. The van der Waals surface area contributed by atoms with Crippen molar-refractivity contribution in [3.63, 3.8) is 0 Å². The molecule has 1 heterocycles. The van der Waals surface area contributed by atoms with Crippen molar-refractivity contribution in [3.8, 4) is 28.4 Å². The third-order valence-electron chi connectivity index (χ3n) is 3.11. The van der Waals surface area contributed by atoms with Gasteiger partial charge in [0.05, 0.1) is 12.7 Å². The molecule has 0 spiro atoms. The van der Waals surface area contributed by atoms with Crippen LogP contribution in [0.2, 0.25) is 5.02 Å². The zero-order chi connectivity index (χ0) is 13.9. The van der Waals surface area contributed by atoms with E-state index in [9.17, 15) is 0 Å². The van der Waals surface area contributed by atoms with Crippen molar-refractivity contribution in [1.29, 1.82) is 0 Å². The molecule has 0 aliphatic heterocycles. The minimum atomic E-state index is 0.713. The van der Waals surface area contributed by atoms with Crippen LogP contribution in [0.1, 0.15) is 0 Å². The lowest BCUT2D eigenvalue weighted by Gasteiger charge is -2.05. The average Bonchev–Trinajstić information content (AvgIpc) is 2.97. The zero-order valence-electron chi connectivity index (χ0n) is 11.0. The van der Waals surface area contributed by atoms with Crippen LogP contribution >= 0.6 is 11.6 Å². The Hall–Kier alpha value is -2.19. The zero-order valence-corrected chi connectivity index (χ0v) is 11.7. The summed E-state index contributed by atoms with van der Waals surface area (Å²) in [4.78, 5) is 0. The molecule has 20 heavy (non-hydrogen) atoms. The van der Waals surface area contributed by atoms with Gasteiger partial charge in [0.25, 0.3) is 0 Å². The number of methoxy groups -OCH3 is 1. The van der Waals surface area contributed by atoms with Crippen LogP contribution in [-0.2, 0) is 0 Å². The van der Waals surface area contributed by atoms with Gasteiger partial charge in [-0.05, 0) is 48.5 Å². The average molecular weight is 285 g/mol. The molecule has 0 amide bonds. The fraction of sp³-hybridized carbons (Fsp3) is 0.0588. The van der Waals surface area contributed by atoms with E-state index in [1.807, 2.05) is 60.7 Å². The van der Waals surface area contributed by atoms with Crippen LogP contribution < -0.4 is 4.74 Å². The summed E-state index contributed by atoms with van der Waals surface area (Å²) in [6.07, 6.45) is 0. The van der Waals surface area contributed by atoms with Crippen LogP contribution in [0, 0.1) is 0 Å². The first-order valence-corrected chi connectivity index (χ1v) is 6.65. The van der Waals surface area contributed by atoms with Gasteiger partial charge in [0.1, 0.15) is 17.3 Å². The number of rotatable bonds is 3. The molecular weight excluding hydrogens is 272 g/mol. The maximum Gasteiger partial charge on any atom is 0.138 e. The molecule has 0 unspecified atom stereocenters. The normalized spacial score (nSPS) is 10.5. The van der Waals surface area contributed by atoms with Crippen molar-refractivity contribution < 1.29 is 9.15 Å². The van der Waals surface area contributed by atoms with Gasteiger partial charge in [-0.25, -0.2) is 0 Å². The fourth-order valence-corrected chi connectivity index (χ4v) is 2.23. The summed E-state index contributed by atoms with van der Waals surface area (Å²) in [7, 11) is 1.65. The second kappa shape index (κ2) is 5.43. The summed E-state index contributed by atoms with van der Waals surface area (Å²) < 4.78 is 11.3. The molecule has 0 atom stereocenters. The number of ether oxygens (including phenoxy) is 1. The van der Waals surface area contributed by atoms with Crippen LogP contribution in [0.4, 0.5) is 0 Å². The fourth-order valence-electron chi connectivity index (χ4n) is 2.10. The molecule has 100 valence electrons. The lowest BCUT2D eigenvalue weighted by Crippen LogP contribution is -1.85. The Balaban J connectivity index is 2.00. The predicted molar refractivity (Wildman–Crippen MR) is 81.1 cm³/mol. The van der Waals surface area contributed by atoms with E-state index >= 15 is 0 Å². The van der Waals surface area contributed by atoms with Gasteiger partial charge >= 0.3 is 0 Å². The van der Waals surface area contributed by atoms with Crippen molar-refractivity contribution in [2.75, 3.05) is 7.11 Å². The Labute approximate surface area is 122 Å². The third-order valence-corrected chi connectivity index (χ3v) is 3.36. The van der Waals surface area contributed by atoms with Gasteiger partial charge in [-0.2, -0.15) is 0 Å². The molecule has 0 bridgehead atoms. The van der Waals surface area contributed by atoms with Gasteiger partial charge < -0.3 is 9.15 Å². The van der Waals surface area contributed by atoms with Crippen LogP contribution in [-0.4, -0.2) is 7.11 Å². The number of para-hydroxylation sites is 1. The molecule has 2 nitrogen and oxygen atoms in total. The number of hydrogen-bond acceptors (Lipinski definition) is 2. The van der Waals surface area contributed by atoms with E-state index in [0.29, 0.717) is 5.02 Å². The molecule has 0 radical (unpaired) electrons. The second-order valence-corrected chi connectivity index (χ2v) is 4.81. The molecule has 3 heteroatoms. The van der Waals surface area contributed by atoms with Crippen LogP contribution in [0.5, 0.6) is 5.75 Å². The van der Waals surface area contributed by atoms with Crippen molar-refractivity contribution in [3.05, 3.63) is 65.7 Å². The van der Waals surface area contributed by atoms with E-state index in [1.54, 1.807) is 7.11 Å². The van der Waals surface area contributed by atoms with Crippen molar-refractivity contribution in [2.24, 2.45) is 0 Å². The summed E-state index contributed by atoms with van der Waals surface area (Å²) in [5, 5.41) is 0.713. The second-order valence-electron chi connectivity index (χ2n) is 4.37. The minimum Gasteiger partial charge on any atom is -0.496 e. The number of hydrogen-bond donors (Lipinski definition) is 0. The van der Waals surface area contributed by atoms with E-state index in [0.717, 1.165) is 28.4 Å². The summed E-state index contributed by atoms with van der Waals surface area (Å²) in [6, 6.07) is 19.3. The topological polar surface area (TPSA) is 22.4 Å². The van der Waals surface area contributed by atoms with E-state index < -0.39 is 0 Å². The molecule has 0 N–H and O–H groups in total. The molecule has 0 saturated carbocycles. The van der Waals surface area contributed by atoms with Gasteiger partial charge in [-0.3, -0.25) is 0 Å². The summed E-state index contributed by atoms with van der Waals surface area (Å²) in [6.45, 7) is 0. The molecule has 0 saturated heterocycles. The quantitative estimate of drug-likeness (QED) is 0.653. The Morgan fingerprint density at radius 1 is 0.850 bits per heavy atom. The Morgan fingerprint density at radius 2 is 1.55 bits per heavy atom. The van der Waals surface area contributed by atoms with Crippen LogP contribution in [0.25, 0.3) is 22.6 Å². The first-order chi connectivity index (χ1) is 9.78. The summed E-state index contributed by atoms with van der Waals surface area (Å²) in [5.41, 5.74) is 1.94. The van der Waals surface area contributed by atoms with E-state index in [1.165, 1.54) is 0 Å². The van der Waals surface area contributed by atoms with E-state index in [2.05, 4.69) is 0 Å². The highest BCUT2D eigenvalue weighted by Crippen LogP contribution is 2.34. The number of halogens is 1. The van der Waals surface area contributed by atoms with Crippen LogP contribution in [0.15, 0.2) is 65.1 Å². The molecule has 0 aliphatic rings. The molecule has 0 fully saturated rings. The largest absolute Gasteiger partial charge is 0.496 e. The van der Waals surface area contributed by atoms with Crippen molar-refractivity contribution in [2.45, 2.75) is 0 Å². The van der Waals surface area contributed by atoms with Crippen LogP contribution in [0.3, 0.4) is 0 Å². The highest BCUT2D eigenvalue weighted by molar-refractivity contribution is 6.30. The highest BCUT2D eigenvalue weighted by atomic mass is 35.5. The lowest BCUT2D eigenvalue weighted by molar-refractivity contribution is 0.415. The summed E-state index contributed by atoms with van der Waals surface area (Å²) >= 11 is 5.89. The lowest BCUT2D eigenvalue weighted by atomic mass is 10.1. The molecule has 1 aromatic heterocycles. The third kappa shape index (κ3) is 2.43. The van der Waals surface area contributed by atoms with Crippen molar-refractivity contribution in [1.82, 2.24) is 0 Å². The molecule has 0 aliphatic carbocycles. The van der Waals surface area contributed by atoms with Gasteiger partial charge in [-0.1, -0.05) is 23.7 Å². The molecule has 3 aromatic rings. The highest BCUT2D eigenvalue weighted by Gasteiger charge is 2.10. The minimum absolute atomic E-state index is 0.713. The number of benzene rings is 2. The van der Waals surface area contributed by atoms with E-state index in [-0.39, 0.29) is 0 Å². The summed E-state index contributed by atoms with van der Waals surface area (Å²) in [5.74, 6) is 2.39. The van der Waals surface area contributed by atoms with E-state index in [4.69, 9.17) is 20.8 Å². The Bertz CT molecular complexity index is 714. The Kier molecular flexibility index (Phi) is 3.48. The SMILES string of the molecule is COc1ccccc1-c1ccc(-c2ccc(Cl)cc2)o1. The molecular formula is C17H13ClO2. The number of furan rings is 1. The van der Waals surface area contributed by atoms with Gasteiger partial charge in [-0.15, -0.1) is 0 Å². The maximum atomic E-state index is 5.92. The molecule has 3 rings (SSSR count). The van der Waals surface area contributed by atoms with Crippen molar-refractivity contribution >= 4 is 11.6 Å². The van der Waals surface area contributed by atoms with Gasteiger partial charge in [0, 0.05) is 10.6 Å². The first-order valence-electron chi connectivity index (χ1n) is 6.27. The van der Waals surface area contributed by atoms with Gasteiger partial charge in [0.2, 0.25) is 0 Å². The maximum absolute atomic E-state index is 5.92. The molecule has 2 aromatic carbocycles. The predicted octanol–water partition coefficient (Wildman–Crippen LogP) is 5.28. The monoisotopic (exact) mass is 284 g/mol. The first kappa shape index (κ1) is 12.8. The Morgan fingerprint density at radius 3 is 2.30 bits per heavy atom.